The van der Waals surface area contributed by atoms with Gasteiger partial charge < -0.3 is 20.6 Å². The first-order valence-electron chi connectivity index (χ1n) is 9.70. The molecule has 2 aliphatic rings. The van der Waals surface area contributed by atoms with E-state index in [-0.39, 0.29) is 24.7 Å². The molecular formula is C18H34N4O3. The molecule has 0 spiro atoms. The summed E-state index contributed by atoms with van der Waals surface area (Å²) in [4.78, 5) is 27.2. The van der Waals surface area contributed by atoms with Crippen molar-refractivity contribution in [1.82, 2.24) is 20.4 Å². The van der Waals surface area contributed by atoms with Crippen LogP contribution in [0.2, 0.25) is 0 Å². The monoisotopic (exact) mass is 354 g/mol. The van der Waals surface area contributed by atoms with E-state index in [1.165, 1.54) is 25.9 Å². The molecule has 1 aliphatic heterocycles. The van der Waals surface area contributed by atoms with Crippen molar-refractivity contribution < 1.29 is 14.7 Å². The highest BCUT2D eigenvalue weighted by Crippen LogP contribution is 2.25. The molecule has 7 heteroatoms. The molecule has 0 bridgehead atoms. The number of hydrogen-bond acceptors (Lipinski definition) is 4. The third-order valence-electron chi connectivity index (χ3n) is 5.52. The highest BCUT2D eigenvalue weighted by Gasteiger charge is 2.34. The average Bonchev–Trinajstić information content (AvgIpc) is 2.54. The standard InChI is InChI=1S/C18H34N4O3/c1-3-22(13-17(23)24)16-11-15(12-16)20-18(25)19-7-4-8-21-9-5-14(2)6-10-21/h14-16H,3-13H2,1-2H3,(H,23,24)(H2,19,20,25). The van der Waals surface area contributed by atoms with Crippen LogP contribution >= 0.6 is 0 Å². The van der Waals surface area contributed by atoms with Gasteiger partial charge in [0.15, 0.2) is 0 Å². The molecular weight excluding hydrogens is 320 g/mol. The Morgan fingerprint density at radius 1 is 1.24 bits per heavy atom. The summed E-state index contributed by atoms with van der Waals surface area (Å²) in [5.41, 5.74) is 0. The Hall–Kier alpha value is -1.34. The van der Waals surface area contributed by atoms with E-state index in [4.69, 9.17) is 5.11 Å². The lowest BCUT2D eigenvalue weighted by atomic mass is 9.85. The van der Waals surface area contributed by atoms with Crippen molar-refractivity contribution in [1.29, 1.82) is 0 Å². The first-order chi connectivity index (χ1) is 12.0. The first kappa shape index (κ1) is 20.0. The number of nitrogens with one attached hydrogen (secondary N) is 2. The number of carbonyl (C=O) groups excluding carboxylic acids is 1. The van der Waals surface area contributed by atoms with Crippen LogP contribution < -0.4 is 10.6 Å². The smallest absolute Gasteiger partial charge is 0.317 e. The van der Waals surface area contributed by atoms with E-state index >= 15 is 0 Å². The van der Waals surface area contributed by atoms with Gasteiger partial charge in [0.05, 0.1) is 6.54 Å². The predicted octanol–water partition coefficient (Wildman–Crippen LogP) is 1.35. The van der Waals surface area contributed by atoms with Crippen LogP contribution in [0.25, 0.3) is 0 Å². The van der Waals surface area contributed by atoms with Crippen LogP contribution in [-0.2, 0) is 4.79 Å². The maximum atomic E-state index is 11.9. The van der Waals surface area contributed by atoms with Crippen molar-refractivity contribution in [2.24, 2.45) is 5.92 Å². The average molecular weight is 354 g/mol. The first-order valence-corrected chi connectivity index (χ1v) is 9.70. The van der Waals surface area contributed by atoms with Gasteiger partial charge in [-0.1, -0.05) is 13.8 Å². The Bertz CT molecular complexity index is 432. The summed E-state index contributed by atoms with van der Waals surface area (Å²) in [6.07, 6.45) is 5.22. The quantitative estimate of drug-likeness (QED) is 0.544. The highest BCUT2D eigenvalue weighted by molar-refractivity contribution is 5.74. The molecule has 0 atom stereocenters. The Labute approximate surface area is 151 Å². The summed E-state index contributed by atoms with van der Waals surface area (Å²) >= 11 is 0. The van der Waals surface area contributed by atoms with Crippen LogP contribution in [0.3, 0.4) is 0 Å². The number of piperidine rings is 1. The van der Waals surface area contributed by atoms with Gasteiger partial charge in [-0.15, -0.1) is 0 Å². The summed E-state index contributed by atoms with van der Waals surface area (Å²) < 4.78 is 0. The number of likely N-dealkylation sites (N-methyl/N-ethyl adjacent to an activating group) is 1. The molecule has 0 unspecified atom stereocenters. The van der Waals surface area contributed by atoms with Crippen molar-refractivity contribution in [3.8, 4) is 0 Å². The summed E-state index contributed by atoms with van der Waals surface area (Å²) in [5.74, 6) is 0.0600. The number of carbonyl (C=O) groups is 2. The SMILES string of the molecule is CCN(CC(=O)O)C1CC(NC(=O)NCCCN2CCC(C)CC2)C1. The number of nitrogens with zero attached hydrogens (tertiary/aromatic N) is 2. The van der Waals surface area contributed by atoms with Crippen LogP contribution in [0, 0.1) is 5.92 Å². The number of carboxylic acid groups (broad SMARTS) is 1. The molecule has 3 N–H and O–H groups in total. The van der Waals surface area contributed by atoms with Gasteiger partial charge in [-0.2, -0.15) is 0 Å². The number of carboxylic acids is 1. The predicted molar refractivity (Wildman–Crippen MR) is 97.7 cm³/mol. The number of aliphatic carboxylic acids is 1. The van der Waals surface area contributed by atoms with Crippen molar-refractivity contribution in [3.63, 3.8) is 0 Å². The summed E-state index contributed by atoms with van der Waals surface area (Å²) in [6.45, 7) is 9.21. The highest BCUT2D eigenvalue weighted by atomic mass is 16.4. The maximum absolute atomic E-state index is 11.9. The molecule has 2 fully saturated rings. The molecule has 0 aromatic rings. The zero-order chi connectivity index (χ0) is 18.2. The second kappa shape index (κ2) is 9.97. The molecule has 0 aromatic carbocycles. The normalized spacial score (nSPS) is 24.8. The van der Waals surface area contributed by atoms with Gasteiger partial charge >= 0.3 is 12.0 Å². The minimum absolute atomic E-state index is 0.0787. The molecule has 1 heterocycles. The third-order valence-corrected chi connectivity index (χ3v) is 5.52. The number of amides is 2. The van der Waals surface area contributed by atoms with Gasteiger partial charge in [-0.3, -0.25) is 9.69 Å². The number of likely N-dealkylation sites (tertiary alicyclic amines) is 1. The lowest BCUT2D eigenvalue weighted by Gasteiger charge is -2.42. The maximum Gasteiger partial charge on any atom is 0.317 e. The molecule has 1 saturated carbocycles. The Morgan fingerprint density at radius 2 is 1.92 bits per heavy atom. The third kappa shape index (κ3) is 6.82. The van der Waals surface area contributed by atoms with Crippen LogP contribution in [0.5, 0.6) is 0 Å². The van der Waals surface area contributed by atoms with Crippen molar-refractivity contribution in [2.75, 3.05) is 39.3 Å². The molecule has 0 aromatic heterocycles. The summed E-state index contributed by atoms with van der Waals surface area (Å²) in [5, 5.41) is 14.8. The molecule has 144 valence electrons. The van der Waals surface area contributed by atoms with Gasteiger partial charge in [0, 0.05) is 18.6 Å². The number of rotatable bonds is 9. The minimum atomic E-state index is -0.792. The second-order valence-corrected chi connectivity index (χ2v) is 7.56. The van der Waals surface area contributed by atoms with Gasteiger partial charge in [0.2, 0.25) is 0 Å². The van der Waals surface area contributed by atoms with Gasteiger partial charge in [0.25, 0.3) is 0 Å². The fraction of sp³-hybridized carbons (Fsp3) is 0.889. The Morgan fingerprint density at radius 3 is 2.52 bits per heavy atom. The van der Waals surface area contributed by atoms with Crippen LogP contribution in [0.4, 0.5) is 4.79 Å². The second-order valence-electron chi connectivity index (χ2n) is 7.56. The molecule has 1 aliphatic carbocycles. The van der Waals surface area contributed by atoms with Crippen LogP contribution in [0.1, 0.15) is 46.0 Å². The molecule has 2 rings (SSSR count). The largest absolute Gasteiger partial charge is 0.480 e. The van der Waals surface area contributed by atoms with Crippen molar-refractivity contribution in [3.05, 3.63) is 0 Å². The number of urea groups is 1. The molecule has 1 saturated heterocycles. The Balaban J connectivity index is 1.51. The van der Waals surface area contributed by atoms with E-state index in [0.29, 0.717) is 6.54 Å². The minimum Gasteiger partial charge on any atom is -0.480 e. The topological polar surface area (TPSA) is 84.9 Å². The molecule has 25 heavy (non-hydrogen) atoms. The fourth-order valence-corrected chi connectivity index (χ4v) is 3.70. The summed E-state index contributed by atoms with van der Waals surface area (Å²) in [7, 11) is 0. The van der Waals surface area contributed by atoms with Crippen LogP contribution in [0.15, 0.2) is 0 Å². The van der Waals surface area contributed by atoms with Crippen LogP contribution in [-0.4, -0.2) is 78.3 Å². The van der Waals surface area contributed by atoms with E-state index in [1.807, 2.05) is 11.8 Å². The zero-order valence-electron chi connectivity index (χ0n) is 15.7. The van der Waals surface area contributed by atoms with Crippen molar-refractivity contribution >= 4 is 12.0 Å². The van der Waals surface area contributed by atoms with Gasteiger partial charge in [-0.05, 0) is 64.2 Å². The summed E-state index contributed by atoms with van der Waals surface area (Å²) in [6, 6.07) is 0.335. The van der Waals surface area contributed by atoms with Crippen molar-refractivity contribution in [2.45, 2.75) is 58.0 Å². The van der Waals surface area contributed by atoms with E-state index in [1.54, 1.807) is 0 Å². The Kier molecular flexibility index (Phi) is 7.96. The molecule has 7 nitrogen and oxygen atoms in total. The lowest BCUT2D eigenvalue weighted by Crippen LogP contribution is -2.56. The zero-order valence-corrected chi connectivity index (χ0v) is 15.7. The van der Waals surface area contributed by atoms with Gasteiger partial charge in [0.1, 0.15) is 0 Å². The molecule has 0 radical (unpaired) electrons. The van der Waals surface area contributed by atoms with E-state index in [9.17, 15) is 9.59 Å². The lowest BCUT2D eigenvalue weighted by molar-refractivity contribution is -0.139. The van der Waals surface area contributed by atoms with Gasteiger partial charge in [-0.25, -0.2) is 4.79 Å². The fourth-order valence-electron chi connectivity index (χ4n) is 3.70. The molecule has 2 amide bonds. The van der Waals surface area contributed by atoms with E-state index < -0.39 is 5.97 Å². The number of hydrogen-bond donors (Lipinski definition) is 3. The van der Waals surface area contributed by atoms with E-state index in [0.717, 1.165) is 38.3 Å². The van der Waals surface area contributed by atoms with E-state index in [2.05, 4.69) is 22.5 Å².